The van der Waals surface area contributed by atoms with Gasteiger partial charge in [0.15, 0.2) is 6.04 Å². The Morgan fingerprint density at radius 3 is 2.60 bits per heavy atom. The Hall–Kier alpha value is -4.48. The van der Waals surface area contributed by atoms with Crippen LogP contribution in [0.3, 0.4) is 0 Å². The van der Waals surface area contributed by atoms with E-state index in [2.05, 4.69) is 15.6 Å². The minimum Gasteiger partial charge on any atom is -0.534 e. The monoisotopic (exact) mass is 621 g/mol. The highest BCUT2D eigenvalue weighted by Crippen LogP contribution is 2.30. The smallest absolute Gasteiger partial charge is 0.534 e. The Kier molecular flexibility index (Phi) is 9.68. The van der Waals surface area contributed by atoms with Crippen LogP contribution in [0.1, 0.15) is 44.9 Å². The molecular formula is C25H26BClFN5O10. The van der Waals surface area contributed by atoms with Crippen molar-refractivity contribution < 1.29 is 53.0 Å². The normalized spacial score (nSPS) is 17.6. The number of carbonyl (C=O) groups excluding carboxylic acids is 3. The highest BCUT2D eigenvalue weighted by Gasteiger charge is 2.40. The van der Waals surface area contributed by atoms with Gasteiger partial charge in [-0.05, 0) is 31.0 Å². The first-order valence-electron chi connectivity index (χ1n) is 12.9. The molecular weight excluding hydrogens is 596 g/mol. The Balaban J connectivity index is 1.62. The number of aromatic carboxylic acids is 2. The number of nitrogens with zero attached hydrogens (tertiary/aromatic N) is 3. The van der Waals surface area contributed by atoms with Crippen molar-refractivity contribution in [1.29, 1.82) is 0 Å². The standard InChI is InChI=1S/C25H26BClFN5O10/c1-2-32-6-7-33(11-42-10-17(32)34)25(40)31-19(18-15(28)9-14(24(38)39)21(27)30-18)22(35)29-16-8-12-4-3-5-13(23(36)37)20(12)43-26(16)41/h3-5,9,16,19,41H,2,6-8,10-11H2,1H3,(H,29,35)(H,31,40)(H,36,37)(H,38,39)/t16-,19-/m0/s1. The average Bonchev–Trinajstić information content (AvgIpc) is 2.94. The molecule has 3 heterocycles. The van der Waals surface area contributed by atoms with Crippen molar-refractivity contribution >= 4 is 48.5 Å². The van der Waals surface area contributed by atoms with Crippen LogP contribution in [-0.4, -0.2) is 106 Å². The third-order valence-electron chi connectivity index (χ3n) is 6.80. The van der Waals surface area contributed by atoms with E-state index in [4.69, 9.17) is 21.0 Å². The molecule has 43 heavy (non-hydrogen) atoms. The number of benzene rings is 1. The highest BCUT2D eigenvalue weighted by atomic mass is 35.5. The SMILES string of the molecule is CCN1CCN(C(=O)N[C@H](C(=O)N[C@H]2Cc3cccc(C(=O)O)c3OB2O)c2nc(Cl)c(C(=O)O)cc2F)COCC1=O. The van der Waals surface area contributed by atoms with E-state index in [0.717, 1.165) is 4.90 Å². The van der Waals surface area contributed by atoms with Crippen LogP contribution in [0, 0.1) is 5.82 Å². The molecule has 1 aromatic carbocycles. The molecule has 0 radical (unpaired) electrons. The zero-order valence-electron chi connectivity index (χ0n) is 22.6. The minimum absolute atomic E-state index is 0.00769. The van der Waals surface area contributed by atoms with E-state index < -0.39 is 65.2 Å². The second-order valence-corrected chi connectivity index (χ2v) is 9.88. The molecule has 0 saturated carbocycles. The number of carbonyl (C=O) groups is 5. The molecule has 0 aliphatic carbocycles. The summed E-state index contributed by atoms with van der Waals surface area (Å²) in [5.41, 5.74) is -1.26. The van der Waals surface area contributed by atoms with Gasteiger partial charge in [-0.25, -0.2) is 23.8 Å². The fourth-order valence-corrected chi connectivity index (χ4v) is 4.77. The first-order valence-corrected chi connectivity index (χ1v) is 13.3. The van der Waals surface area contributed by atoms with Gasteiger partial charge in [0.05, 0.1) is 17.1 Å². The lowest BCUT2D eigenvalue weighted by molar-refractivity contribution is -0.140. The van der Waals surface area contributed by atoms with Gasteiger partial charge >= 0.3 is 25.1 Å². The fourth-order valence-electron chi connectivity index (χ4n) is 4.55. The first-order chi connectivity index (χ1) is 20.4. The van der Waals surface area contributed by atoms with E-state index in [-0.39, 0.29) is 50.1 Å². The Bertz CT molecular complexity index is 1470. The largest absolute Gasteiger partial charge is 0.547 e. The molecule has 5 N–H and O–H groups in total. The summed E-state index contributed by atoms with van der Waals surface area (Å²) in [6.45, 7) is 1.61. The molecule has 4 amide bonds. The summed E-state index contributed by atoms with van der Waals surface area (Å²) in [5.74, 6) is -6.77. The van der Waals surface area contributed by atoms with Gasteiger partial charge in [-0.1, -0.05) is 23.7 Å². The van der Waals surface area contributed by atoms with Crippen molar-refractivity contribution in [3.05, 3.63) is 57.6 Å². The lowest BCUT2D eigenvalue weighted by Gasteiger charge is -2.32. The van der Waals surface area contributed by atoms with Crippen LogP contribution >= 0.6 is 11.6 Å². The van der Waals surface area contributed by atoms with Gasteiger partial charge in [-0.15, -0.1) is 0 Å². The molecule has 2 aliphatic heterocycles. The van der Waals surface area contributed by atoms with E-state index in [1.54, 1.807) is 6.92 Å². The van der Waals surface area contributed by atoms with Crippen LogP contribution in [-0.2, 0) is 20.7 Å². The van der Waals surface area contributed by atoms with Gasteiger partial charge < -0.3 is 40.2 Å². The first kappa shape index (κ1) is 31.5. The van der Waals surface area contributed by atoms with Gasteiger partial charge in [-0.3, -0.25) is 14.5 Å². The van der Waals surface area contributed by atoms with Gasteiger partial charge in [0, 0.05) is 19.6 Å². The molecule has 1 aromatic heterocycles. The molecule has 0 spiro atoms. The predicted molar refractivity (Wildman–Crippen MR) is 145 cm³/mol. The number of halogens is 2. The van der Waals surface area contributed by atoms with E-state index in [9.17, 15) is 39.2 Å². The van der Waals surface area contributed by atoms with Gasteiger partial charge in [0.2, 0.25) is 11.8 Å². The molecule has 2 aromatic rings. The number of aromatic nitrogens is 1. The summed E-state index contributed by atoms with van der Waals surface area (Å²) in [6.07, 6.45) is -0.0977. The van der Waals surface area contributed by atoms with Crippen LogP contribution in [0.4, 0.5) is 9.18 Å². The molecule has 18 heteroatoms. The van der Waals surface area contributed by atoms with Crippen molar-refractivity contribution in [3.63, 3.8) is 0 Å². The van der Waals surface area contributed by atoms with Crippen LogP contribution in [0.2, 0.25) is 5.15 Å². The number of rotatable bonds is 7. The molecule has 2 aliphatic rings. The maximum Gasteiger partial charge on any atom is 0.547 e. The number of hydrogen-bond acceptors (Lipinski definition) is 9. The summed E-state index contributed by atoms with van der Waals surface area (Å²) < 4.78 is 25.9. The number of urea groups is 1. The number of carboxylic acids is 2. The highest BCUT2D eigenvalue weighted by molar-refractivity contribution is 6.47. The fraction of sp³-hybridized carbons (Fsp3) is 0.360. The molecule has 15 nitrogen and oxygen atoms in total. The maximum atomic E-state index is 15.2. The van der Waals surface area contributed by atoms with Crippen LogP contribution < -0.4 is 15.3 Å². The number of nitrogens with one attached hydrogen (secondary N) is 2. The van der Waals surface area contributed by atoms with E-state index in [1.165, 1.54) is 23.1 Å². The second kappa shape index (κ2) is 13.2. The van der Waals surface area contributed by atoms with Gasteiger partial charge in [-0.2, -0.15) is 0 Å². The van der Waals surface area contributed by atoms with E-state index >= 15 is 4.39 Å². The number of para-hydroxylation sites is 1. The number of likely N-dealkylation sites (N-methyl/N-ethyl adjacent to an activating group) is 1. The van der Waals surface area contributed by atoms with E-state index in [1.807, 2.05) is 0 Å². The second-order valence-electron chi connectivity index (χ2n) is 9.52. The summed E-state index contributed by atoms with van der Waals surface area (Å²) in [6, 6.07) is 2.00. The molecule has 228 valence electrons. The van der Waals surface area contributed by atoms with Gasteiger partial charge in [0.1, 0.15) is 35.8 Å². The van der Waals surface area contributed by atoms with Crippen molar-refractivity contribution in [1.82, 2.24) is 25.4 Å². The maximum absolute atomic E-state index is 15.2. The summed E-state index contributed by atoms with van der Waals surface area (Å²) in [4.78, 5) is 68.2. The van der Waals surface area contributed by atoms with Crippen molar-refractivity contribution in [2.75, 3.05) is 33.0 Å². The quantitative estimate of drug-likeness (QED) is 0.210. The van der Waals surface area contributed by atoms with Crippen molar-refractivity contribution in [2.45, 2.75) is 25.3 Å². The molecule has 1 fully saturated rings. The van der Waals surface area contributed by atoms with Crippen LogP contribution in [0.25, 0.3) is 0 Å². The number of fused-ring (bicyclic) bond motifs is 1. The molecule has 2 atom stereocenters. The predicted octanol–water partition coefficient (Wildman–Crippen LogP) is 0.299. The minimum atomic E-state index is -1.90. The summed E-state index contributed by atoms with van der Waals surface area (Å²) >= 11 is 5.95. The number of pyridine rings is 1. The third kappa shape index (κ3) is 6.95. The van der Waals surface area contributed by atoms with Crippen LogP contribution in [0.15, 0.2) is 24.3 Å². The zero-order valence-corrected chi connectivity index (χ0v) is 23.3. The lowest BCUT2D eigenvalue weighted by Crippen LogP contribution is -2.57. The number of hydrogen-bond donors (Lipinski definition) is 5. The summed E-state index contributed by atoms with van der Waals surface area (Å²) in [7, 11) is -1.73. The number of ether oxygens (including phenoxy) is 1. The molecule has 0 bridgehead atoms. The topological polar surface area (TPSA) is 208 Å². The van der Waals surface area contributed by atoms with Gasteiger partial charge in [0.25, 0.3) is 0 Å². The molecule has 1 saturated heterocycles. The Labute approximate surface area is 248 Å². The van der Waals surface area contributed by atoms with Crippen molar-refractivity contribution in [3.8, 4) is 5.75 Å². The molecule has 4 rings (SSSR count). The van der Waals surface area contributed by atoms with Crippen molar-refractivity contribution in [2.24, 2.45) is 0 Å². The Morgan fingerprint density at radius 2 is 1.93 bits per heavy atom. The third-order valence-corrected chi connectivity index (χ3v) is 7.09. The average molecular weight is 622 g/mol. The lowest BCUT2D eigenvalue weighted by atomic mass is 9.72. The number of amides is 4. The number of carboxylic acid groups (broad SMARTS) is 2. The van der Waals surface area contributed by atoms with E-state index in [0.29, 0.717) is 18.2 Å². The summed E-state index contributed by atoms with van der Waals surface area (Å²) in [5, 5.41) is 33.4. The molecule has 0 unspecified atom stereocenters. The Morgan fingerprint density at radius 1 is 1.21 bits per heavy atom. The zero-order chi connectivity index (χ0) is 31.4. The van der Waals surface area contributed by atoms with Crippen LogP contribution in [0.5, 0.6) is 5.75 Å².